The van der Waals surface area contributed by atoms with Gasteiger partial charge in [-0.1, -0.05) is 19.4 Å². The van der Waals surface area contributed by atoms with Crippen LogP contribution in [0.25, 0.3) is 4.85 Å². The number of benzene rings is 1. The van der Waals surface area contributed by atoms with Gasteiger partial charge in [0.05, 0.1) is 19.2 Å². The largest absolute Gasteiger partial charge is 0.465 e. The van der Waals surface area contributed by atoms with Gasteiger partial charge >= 0.3 is 5.97 Å². The highest BCUT2D eigenvalue weighted by atomic mass is 16.5. The molecule has 0 unspecified atom stereocenters. The van der Waals surface area contributed by atoms with E-state index in [1.54, 1.807) is 6.07 Å². The molecule has 0 saturated heterocycles. The van der Waals surface area contributed by atoms with Gasteiger partial charge in [-0.3, -0.25) is 0 Å². The number of aryl methyl sites for hydroxylation is 1. The van der Waals surface area contributed by atoms with Crippen LogP contribution in [-0.2, 0) is 11.2 Å². The quantitative estimate of drug-likeness (QED) is 0.596. The van der Waals surface area contributed by atoms with E-state index >= 15 is 0 Å². The molecule has 0 bridgehead atoms. The topological polar surface area (TPSA) is 30.7 Å². The Balaban J connectivity index is 2.50. The fourth-order valence-electron chi connectivity index (χ4n) is 2.39. The number of esters is 1. The lowest BCUT2D eigenvalue weighted by atomic mass is 9.78. The smallest absolute Gasteiger partial charge is 0.336 e. The summed E-state index contributed by atoms with van der Waals surface area (Å²) in [5.74, 6) is 0.156. The molecule has 1 aliphatic rings. The van der Waals surface area contributed by atoms with Gasteiger partial charge in [-0.05, 0) is 42.4 Å². The molecular weight excluding hydrogens is 226 g/mol. The molecular formula is C15H17NO2. The third-order valence-corrected chi connectivity index (χ3v) is 3.70. The zero-order valence-corrected chi connectivity index (χ0v) is 10.8. The second-order valence-electron chi connectivity index (χ2n) is 4.65. The molecule has 1 fully saturated rings. The van der Waals surface area contributed by atoms with Crippen molar-refractivity contribution >= 4 is 11.7 Å². The molecule has 2 rings (SSSR count). The van der Waals surface area contributed by atoms with Crippen LogP contribution >= 0.6 is 0 Å². The fraction of sp³-hybridized carbons (Fsp3) is 0.467. The van der Waals surface area contributed by atoms with Crippen LogP contribution in [0, 0.1) is 6.57 Å². The summed E-state index contributed by atoms with van der Waals surface area (Å²) in [7, 11) is 1.37. The van der Waals surface area contributed by atoms with Gasteiger partial charge in [0.15, 0.2) is 5.69 Å². The van der Waals surface area contributed by atoms with Crippen molar-refractivity contribution in [2.24, 2.45) is 0 Å². The van der Waals surface area contributed by atoms with Crippen molar-refractivity contribution in [1.29, 1.82) is 0 Å². The molecule has 0 N–H and O–H groups in total. The maximum atomic E-state index is 11.7. The Hall–Kier alpha value is -1.82. The molecule has 0 aromatic heterocycles. The lowest BCUT2D eigenvalue weighted by molar-refractivity contribution is 0.0599. The Labute approximate surface area is 108 Å². The van der Waals surface area contributed by atoms with E-state index in [-0.39, 0.29) is 5.97 Å². The number of hydrogen-bond acceptors (Lipinski definition) is 2. The summed E-state index contributed by atoms with van der Waals surface area (Å²) in [5.41, 5.74) is 3.24. The van der Waals surface area contributed by atoms with Gasteiger partial charge in [-0.15, -0.1) is 0 Å². The van der Waals surface area contributed by atoms with Crippen molar-refractivity contribution in [3.8, 4) is 0 Å². The van der Waals surface area contributed by atoms with Crippen LogP contribution in [0.15, 0.2) is 12.1 Å². The first kappa shape index (κ1) is 12.6. The maximum absolute atomic E-state index is 11.7. The number of ether oxygens (including phenoxy) is 1. The highest BCUT2D eigenvalue weighted by Gasteiger charge is 2.24. The first-order valence-corrected chi connectivity index (χ1v) is 6.33. The van der Waals surface area contributed by atoms with Crippen LogP contribution in [0.3, 0.4) is 0 Å². The Morgan fingerprint density at radius 3 is 2.67 bits per heavy atom. The first-order valence-electron chi connectivity index (χ1n) is 6.33. The SMILES string of the molecule is [C-]#[N+]c1cc(C(=O)OC)c(CC)cc1C1CCC1. The minimum atomic E-state index is -0.350. The van der Waals surface area contributed by atoms with Gasteiger partial charge in [0.2, 0.25) is 0 Å². The maximum Gasteiger partial charge on any atom is 0.336 e. The summed E-state index contributed by atoms with van der Waals surface area (Å²) in [4.78, 5) is 15.3. The molecule has 3 nitrogen and oxygen atoms in total. The van der Waals surface area contributed by atoms with Gasteiger partial charge in [0.1, 0.15) is 0 Å². The minimum absolute atomic E-state index is 0.350. The molecule has 0 radical (unpaired) electrons. The zero-order chi connectivity index (χ0) is 13.1. The molecule has 0 atom stereocenters. The molecule has 3 heteroatoms. The lowest BCUT2D eigenvalue weighted by Crippen LogP contribution is -2.12. The molecule has 0 spiro atoms. The number of hydrogen-bond donors (Lipinski definition) is 0. The highest BCUT2D eigenvalue weighted by Crippen LogP contribution is 2.42. The molecule has 94 valence electrons. The predicted molar refractivity (Wildman–Crippen MR) is 70.0 cm³/mol. The van der Waals surface area contributed by atoms with Crippen LogP contribution in [0.5, 0.6) is 0 Å². The van der Waals surface area contributed by atoms with Crippen molar-refractivity contribution in [3.63, 3.8) is 0 Å². The molecule has 1 saturated carbocycles. The summed E-state index contributed by atoms with van der Waals surface area (Å²) in [6.45, 7) is 9.29. The van der Waals surface area contributed by atoms with E-state index in [4.69, 9.17) is 11.3 Å². The van der Waals surface area contributed by atoms with Crippen molar-refractivity contribution in [2.75, 3.05) is 7.11 Å². The summed E-state index contributed by atoms with van der Waals surface area (Å²) >= 11 is 0. The number of carbonyl (C=O) groups excluding carboxylic acids is 1. The van der Waals surface area contributed by atoms with Crippen LogP contribution < -0.4 is 0 Å². The second-order valence-corrected chi connectivity index (χ2v) is 4.65. The van der Waals surface area contributed by atoms with Crippen molar-refractivity contribution < 1.29 is 9.53 Å². The molecule has 18 heavy (non-hydrogen) atoms. The first-order chi connectivity index (χ1) is 8.71. The molecule has 1 aromatic rings. The van der Waals surface area contributed by atoms with E-state index in [1.165, 1.54) is 13.5 Å². The van der Waals surface area contributed by atoms with Gasteiger partial charge in [0, 0.05) is 0 Å². The van der Waals surface area contributed by atoms with E-state index in [9.17, 15) is 4.79 Å². The number of methoxy groups -OCH3 is 1. The predicted octanol–water partition coefficient (Wildman–Crippen LogP) is 3.85. The Morgan fingerprint density at radius 2 is 2.22 bits per heavy atom. The zero-order valence-electron chi connectivity index (χ0n) is 10.8. The number of nitrogens with zero attached hydrogens (tertiary/aromatic N) is 1. The van der Waals surface area contributed by atoms with Crippen molar-refractivity contribution in [1.82, 2.24) is 0 Å². The average molecular weight is 243 g/mol. The monoisotopic (exact) mass is 243 g/mol. The summed E-state index contributed by atoms with van der Waals surface area (Å²) < 4.78 is 4.78. The molecule has 1 aromatic carbocycles. The van der Waals surface area contributed by atoms with Crippen LogP contribution in [0.2, 0.25) is 0 Å². The van der Waals surface area contributed by atoms with E-state index in [2.05, 4.69) is 4.85 Å². The molecule has 0 heterocycles. The third-order valence-electron chi connectivity index (χ3n) is 3.70. The summed E-state index contributed by atoms with van der Waals surface area (Å²) in [6, 6.07) is 3.73. The Kier molecular flexibility index (Phi) is 3.66. The van der Waals surface area contributed by atoms with Gasteiger partial charge < -0.3 is 4.74 Å². The summed E-state index contributed by atoms with van der Waals surface area (Å²) in [6.07, 6.45) is 4.33. The van der Waals surface area contributed by atoms with E-state index in [0.717, 1.165) is 30.4 Å². The Morgan fingerprint density at radius 1 is 1.50 bits per heavy atom. The van der Waals surface area contributed by atoms with Crippen molar-refractivity contribution in [3.05, 3.63) is 40.2 Å². The highest BCUT2D eigenvalue weighted by molar-refractivity contribution is 5.92. The summed E-state index contributed by atoms with van der Waals surface area (Å²) in [5, 5.41) is 0. The van der Waals surface area contributed by atoms with Crippen LogP contribution in [0.4, 0.5) is 5.69 Å². The molecule has 1 aliphatic carbocycles. The van der Waals surface area contributed by atoms with Gasteiger partial charge in [0.25, 0.3) is 0 Å². The van der Waals surface area contributed by atoms with Gasteiger partial charge in [-0.25, -0.2) is 9.64 Å². The van der Waals surface area contributed by atoms with E-state index in [0.29, 0.717) is 17.2 Å². The third kappa shape index (κ3) is 2.11. The fourth-order valence-corrected chi connectivity index (χ4v) is 2.39. The standard InChI is InChI=1S/C15H17NO2/c1-4-10-8-12(11-6-5-7-11)14(16-2)9-13(10)15(17)18-3/h8-9,11H,4-7H2,1,3H3. The molecule has 0 aliphatic heterocycles. The van der Waals surface area contributed by atoms with Crippen LogP contribution in [-0.4, -0.2) is 13.1 Å². The normalized spacial score (nSPS) is 14.7. The average Bonchev–Trinajstić information content (AvgIpc) is 2.35. The number of carbonyl (C=O) groups is 1. The molecule has 0 amide bonds. The van der Waals surface area contributed by atoms with Crippen molar-refractivity contribution in [2.45, 2.75) is 38.5 Å². The Bertz CT molecular complexity index is 510. The van der Waals surface area contributed by atoms with E-state index in [1.807, 2.05) is 13.0 Å². The lowest BCUT2D eigenvalue weighted by Gasteiger charge is -2.27. The van der Waals surface area contributed by atoms with Gasteiger partial charge in [-0.2, -0.15) is 0 Å². The minimum Gasteiger partial charge on any atom is -0.465 e. The van der Waals surface area contributed by atoms with Crippen LogP contribution in [0.1, 0.15) is 53.6 Å². The number of rotatable bonds is 3. The second kappa shape index (κ2) is 5.22. The van der Waals surface area contributed by atoms with E-state index < -0.39 is 0 Å².